The van der Waals surface area contributed by atoms with Gasteiger partial charge in [0.2, 0.25) is 5.91 Å². The lowest BCUT2D eigenvalue weighted by Gasteiger charge is -2.21. The summed E-state index contributed by atoms with van der Waals surface area (Å²) in [6.45, 7) is 5.22. The molecule has 1 saturated heterocycles. The summed E-state index contributed by atoms with van der Waals surface area (Å²) < 4.78 is 4.57. The first-order valence-corrected chi connectivity index (χ1v) is 7.33. The van der Waals surface area contributed by atoms with E-state index < -0.39 is 6.09 Å². The second-order valence-corrected chi connectivity index (χ2v) is 5.72. The zero-order valence-electron chi connectivity index (χ0n) is 12.7. The van der Waals surface area contributed by atoms with E-state index >= 15 is 0 Å². The molecule has 0 aromatic carbocycles. The first-order valence-electron chi connectivity index (χ1n) is 7.33. The number of nitrogens with two attached hydrogens (primary N) is 1. The van der Waals surface area contributed by atoms with E-state index in [1.807, 2.05) is 18.7 Å². The molecular weight excluding hydrogens is 258 g/mol. The van der Waals surface area contributed by atoms with E-state index in [-0.39, 0.29) is 23.9 Å². The molecule has 1 rings (SSSR count). The molecule has 6 nitrogen and oxygen atoms in total. The lowest BCUT2D eigenvalue weighted by Crippen LogP contribution is -2.39. The van der Waals surface area contributed by atoms with E-state index in [1.54, 1.807) is 0 Å². The zero-order valence-corrected chi connectivity index (χ0v) is 12.7. The number of ether oxygens (including phenoxy) is 1. The number of likely N-dealkylation sites (tertiary alicyclic amines) is 1. The highest BCUT2D eigenvalue weighted by Gasteiger charge is 2.29. The van der Waals surface area contributed by atoms with Gasteiger partial charge in [-0.05, 0) is 26.2 Å². The molecule has 1 aliphatic rings. The highest BCUT2D eigenvalue weighted by Crippen LogP contribution is 2.17. The summed E-state index contributed by atoms with van der Waals surface area (Å²) in [5.74, 6) is 0.189. The molecule has 116 valence electrons. The van der Waals surface area contributed by atoms with Gasteiger partial charge >= 0.3 is 6.09 Å². The number of amides is 2. The molecule has 6 heteroatoms. The number of nitrogens with one attached hydrogen (secondary N) is 1. The van der Waals surface area contributed by atoms with Gasteiger partial charge in [0.25, 0.3) is 0 Å². The molecule has 0 radical (unpaired) electrons. The van der Waals surface area contributed by atoms with Crippen LogP contribution in [0.3, 0.4) is 0 Å². The Kier molecular flexibility index (Phi) is 6.78. The molecule has 0 bridgehead atoms. The van der Waals surface area contributed by atoms with Crippen molar-refractivity contribution in [1.82, 2.24) is 10.2 Å². The Balaban J connectivity index is 2.32. The number of carbonyl (C=O) groups excluding carboxylic acids is 2. The molecule has 20 heavy (non-hydrogen) atoms. The third-order valence-corrected chi connectivity index (χ3v) is 3.73. The maximum Gasteiger partial charge on any atom is 0.407 e. The molecule has 0 aliphatic carbocycles. The van der Waals surface area contributed by atoms with Crippen LogP contribution in [0.4, 0.5) is 4.79 Å². The second kappa shape index (κ2) is 8.09. The average Bonchev–Trinajstić information content (AvgIpc) is 2.85. The number of methoxy groups -OCH3 is 1. The van der Waals surface area contributed by atoms with Crippen LogP contribution in [0.2, 0.25) is 0 Å². The van der Waals surface area contributed by atoms with Gasteiger partial charge in [-0.1, -0.05) is 13.3 Å². The van der Waals surface area contributed by atoms with Gasteiger partial charge in [-0.25, -0.2) is 4.79 Å². The second-order valence-electron chi connectivity index (χ2n) is 5.72. The van der Waals surface area contributed by atoms with Crippen LogP contribution in [-0.4, -0.2) is 49.2 Å². The Morgan fingerprint density at radius 3 is 2.70 bits per heavy atom. The number of alkyl carbamates (subject to hydrolysis) is 1. The van der Waals surface area contributed by atoms with Crippen LogP contribution in [0, 0.1) is 5.92 Å². The molecule has 1 aliphatic heterocycles. The summed E-state index contributed by atoms with van der Waals surface area (Å²) in [6, 6.07) is 0.195. The van der Waals surface area contributed by atoms with Crippen LogP contribution < -0.4 is 11.1 Å². The van der Waals surface area contributed by atoms with E-state index in [1.165, 1.54) is 7.11 Å². The minimum atomic E-state index is -0.436. The summed E-state index contributed by atoms with van der Waals surface area (Å²) in [5, 5.41) is 2.74. The molecule has 3 unspecified atom stereocenters. The summed E-state index contributed by atoms with van der Waals surface area (Å²) in [6.07, 6.45) is 3.14. The third-order valence-electron chi connectivity index (χ3n) is 3.73. The molecule has 0 aromatic heterocycles. The van der Waals surface area contributed by atoms with E-state index in [2.05, 4.69) is 10.1 Å². The molecular formula is C14H27N3O3. The van der Waals surface area contributed by atoms with Crippen LogP contribution in [0.1, 0.15) is 39.5 Å². The minimum Gasteiger partial charge on any atom is -0.453 e. The number of hydrogen-bond donors (Lipinski definition) is 2. The van der Waals surface area contributed by atoms with Crippen molar-refractivity contribution < 1.29 is 14.3 Å². The summed E-state index contributed by atoms with van der Waals surface area (Å²) in [4.78, 5) is 25.2. The lowest BCUT2D eigenvalue weighted by molar-refractivity contribution is -0.134. The largest absolute Gasteiger partial charge is 0.453 e. The fourth-order valence-corrected chi connectivity index (χ4v) is 2.49. The zero-order chi connectivity index (χ0) is 15.1. The predicted molar refractivity (Wildman–Crippen MR) is 77.2 cm³/mol. The van der Waals surface area contributed by atoms with Crippen molar-refractivity contribution in [2.75, 3.05) is 20.2 Å². The molecule has 1 heterocycles. The topological polar surface area (TPSA) is 84.7 Å². The van der Waals surface area contributed by atoms with Crippen molar-refractivity contribution in [2.24, 2.45) is 11.7 Å². The fourth-order valence-electron chi connectivity index (χ4n) is 2.49. The Morgan fingerprint density at radius 2 is 2.10 bits per heavy atom. The lowest BCUT2D eigenvalue weighted by atomic mass is 10.0. The van der Waals surface area contributed by atoms with Gasteiger partial charge in [-0.2, -0.15) is 0 Å². The van der Waals surface area contributed by atoms with E-state index in [4.69, 9.17) is 5.73 Å². The molecule has 2 amide bonds. The van der Waals surface area contributed by atoms with Crippen LogP contribution >= 0.6 is 0 Å². The number of rotatable bonds is 6. The maximum atomic E-state index is 12.3. The number of hydrogen-bond acceptors (Lipinski definition) is 4. The molecule has 1 fully saturated rings. The highest BCUT2D eigenvalue weighted by atomic mass is 16.5. The summed E-state index contributed by atoms with van der Waals surface area (Å²) in [5.41, 5.74) is 5.71. The predicted octanol–water partition coefficient (Wildman–Crippen LogP) is 1.10. The fraction of sp³-hybridized carbons (Fsp3) is 0.857. The van der Waals surface area contributed by atoms with Crippen LogP contribution in [0.15, 0.2) is 0 Å². The molecule has 3 atom stereocenters. The SMILES string of the molecule is COC(=O)NC1CCN(C(=O)C(C)CCCC(C)N)C1. The first kappa shape index (κ1) is 16.8. The van der Waals surface area contributed by atoms with Crippen LogP contribution in [0.25, 0.3) is 0 Å². The van der Waals surface area contributed by atoms with Crippen LogP contribution in [-0.2, 0) is 9.53 Å². The van der Waals surface area contributed by atoms with E-state index in [0.29, 0.717) is 13.1 Å². The standard InChI is InChI=1S/C14H27N3O3/c1-10(5-4-6-11(2)15)13(18)17-8-7-12(9-17)16-14(19)20-3/h10-12H,4-9,15H2,1-3H3,(H,16,19). The summed E-state index contributed by atoms with van der Waals surface area (Å²) >= 11 is 0. The van der Waals surface area contributed by atoms with Gasteiger partial charge in [0.05, 0.1) is 13.2 Å². The normalized spacial score (nSPS) is 21.4. The average molecular weight is 285 g/mol. The van der Waals surface area contributed by atoms with Gasteiger partial charge in [-0.3, -0.25) is 4.79 Å². The van der Waals surface area contributed by atoms with E-state index in [0.717, 1.165) is 25.7 Å². The van der Waals surface area contributed by atoms with Crippen LogP contribution in [0.5, 0.6) is 0 Å². The molecule has 0 spiro atoms. The van der Waals surface area contributed by atoms with Gasteiger partial charge < -0.3 is 20.7 Å². The Bertz CT molecular complexity index is 334. The minimum absolute atomic E-state index is 0.00247. The Morgan fingerprint density at radius 1 is 1.40 bits per heavy atom. The van der Waals surface area contributed by atoms with E-state index in [9.17, 15) is 9.59 Å². The van der Waals surface area contributed by atoms with Gasteiger partial charge in [-0.15, -0.1) is 0 Å². The van der Waals surface area contributed by atoms with Crippen molar-refractivity contribution in [3.63, 3.8) is 0 Å². The van der Waals surface area contributed by atoms with Crippen molar-refractivity contribution in [3.05, 3.63) is 0 Å². The van der Waals surface area contributed by atoms with Gasteiger partial charge in [0, 0.05) is 25.0 Å². The van der Waals surface area contributed by atoms with Gasteiger partial charge in [0.15, 0.2) is 0 Å². The smallest absolute Gasteiger partial charge is 0.407 e. The molecule has 0 saturated carbocycles. The van der Waals surface area contributed by atoms with Crippen molar-refractivity contribution in [2.45, 2.75) is 51.6 Å². The number of carbonyl (C=O) groups is 2. The summed E-state index contributed by atoms with van der Waals surface area (Å²) in [7, 11) is 1.34. The third kappa shape index (κ3) is 5.36. The molecule has 3 N–H and O–H groups in total. The van der Waals surface area contributed by atoms with Crippen molar-refractivity contribution in [3.8, 4) is 0 Å². The number of nitrogens with zero attached hydrogens (tertiary/aromatic N) is 1. The van der Waals surface area contributed by atoms with Crippen molar-refractivity contribution >= 4 is 12.0 Å². The molecule has 0 aromatic rings. The Hall–Kier alpha value is -1.30. The van der Waals surface area contributed by atoms with Gasteiger partial charge in [0.1, 0.15) is 0 Å². The highest BCUT2D eigenvalue weighted by molar-refractivity contribution is 5.79. The Labute approximate surface area is 121 Å². The first-order chi connectivity index (χ1) is 9.43. The monoisotopic (exact) mass is 285 g/mol. The maximum absolute atomic E-state index is 12.3. The quantitative estimate of drug-likeness (QED) is 0.765. The van der Waals surface area contributed by atoms with Crippen molar-refractivity contribution in [1.29, 1.82) is 0 Å².